The standard InChI is InChI=1S/C27H24N6O/c34-25-12-11-21-13-14-31(18-22(21)15-25)27-30-29-26(32(27)17-20-7-3-1-4-8-20)23-16-28-33(19-23)24-9-5-2-6-10-24/h1-12,15-16,19,34H,13-14,17-18H2. The summed E-state index contributed by atoms with van der Waals surface area (Å²) in [6.45, 7) is 2.17. The Hall–Kier alpha value is -4.39. The van der Waals surface area contributed by atoms with E-state index in [-0.39, 0.29) is 0 Å². The van der Waals surface area contributed by atoms with Crippen molar-refractivity contribution in [3.63, 3.8) is 0 Å². The number of hydrogen-bond acceptors (Lipinski definition) is 5. The van der Waals surface area contributed by atoms with E-state index in [4.69, 9.17) is 0 Å². The van der Waals surface area contributed by atoms with Crippen LogP contribution in [0.1, 0.15) is 16.7 Å². The average Bonchev–Trinajstić information content (AvgIpc) is 3.52. The molecule has 0 saturated carbocycles. The molecule has 168 valence electrons. The Morgan fingerprint density at radius 2 is 1.65 bits per heavy atom. The van der Waals surface area contributed by atoms with Gasteiger partial charge in [0, 0.05) is 19.3 Å². The topological polar surface area (TPSA) is 72.0 Å². The molecule has 0 atom stereocenters. The quantitative estimate of drug-likeness (QED) is 0.430. The summed E-state index contributed by atoms with van der Waals surface area (Å²) in [5.74, 6) is 1.89. The number of phenols is 1. The van der Waals surface area contributed by atoms with Crippen LogP contribution < -0.4 is 4.90 Å². The highest BCUT2D eigenvalue weighted by Crippen LogP contribution is 2.29. The van der Waals surface area contributed by atoms with Crippen LogP contribution in [0, 0.1) is 0 Å². The summed E-state index contributed by atoms with van der Waals surface area (Å²) >= 11 is 0. The molecule has 0 saturated heterocycles. The molecular weight excluding hydrogens is 424 g/mol. The molecule has 0 amide bonds. The molecule has 5 aromatic rings. The van der Waals surface area contributed by atoms with Gasteiger partial charge in [-0.25, -0.2) is 4.68 Å². The fourth-order valence-electron chi connectivity index (χ4n) is 4.53. The van der Waals surface area contributed by atoms with Crippen molar-refractivity contribution in [3.8, 4) is 22.8 Å². The van der Waals surface area contributed by atoms with Gasteiger partial charge in [-0.1, -0.05) is 54.6 Å². The summed E-state index contributed by atoms with van der Waals surface area (Å²) in [6.07, 6.45) is 4.73. The van der Waals surface area contributed by atoms with Gasteiger partial charge in [0.1, 0.15) is 5.75 Å². The van der Waals surface area contributed by atoms with E-state index in [9.17, 15) is 5.11 Å². The minimum absolute atomic E-state index is 0.292. The van der Waals surface area contributed by atoms with Gasteiger partial charge >= 0.3 is 0 Å². The van der Waals surface area contributed by atoms with Crippen molar-refractivity contribution >= 4 is 5.95 Å². The van der Waals surface area contributed by atoms with Gasteiger partial charge in [-0.15, -0.1) is 10.2 Å². The number of benzene rings is 3. The number of nitrogens with zero attached hydrogens (tertiary/aromatic N) is 6. The smallest absolute Gasteiger partial charge is 0.228 e. The highest BCUT2D eigenvalue weighted by atomic mass is 16.3. The highest BCUT2D eigenvalue weighted by Gasteiger charge is 2.24. The molecule has 7 heteroatoms. The molecule has 7 nitrogen and oxygen atoms in total. The summed E-state index contributed by atoms with van der Waals surface area (Å²) in [7, 11) is 0. The van der Waals surface area contributed by atoms with E-state index in [1.165, 1.54) is 11.1 Å². The second-order valence-electron chi connectivity index (χ2n) is 8.53. The summed E-state index contributed by atoms with van der Waals surface area (Å²) in [5, 5.41) is 23.8. The van der Waals surface area contributed by atoms with Crippen LogP contribution in [-0.2, 0) is 19.5 Å². The fraction of sp³-hybridized carbons (Fsp3) is 0.148. The Morgan fingerprint density at radius 1 is 0.853 bits per heavy atom. The molecule has 0 radical (unpaired) electrons. The minimum Gasteiger partial charge on any atom is -0.508 e. The van der Waals surface area contributed by atoms with Crippen LogP contribution in [0.4, 0.5) is 5.95 Å². The van der Waals surface area contributed by atoms with Gasteiger partial charge < -0.3 is 10.0 Å². The zero-order valence-corrected chi connectivity index (χ0v) is 18.6. The second kappa shape index (κ2) is 8.51. The number of rotatable bonds is 5. The van der Waals surface area contributed by atoms with Gasteiger partial charge in [-0.3, -0.25) is 4.57 Å². The molecule has 1 aliphatic heterocycles. The first kappa shape index (κ1) is 20.2. The molecule has 6 rings (SSSR count). The minimum atomic E-state index is 0.292. The zero-order chi connectivity index (χ0) is 22.9. The lowest BCUT2D eigenvalue weighted by atomic mass is 10.00. The zero-order valence-electron chi connectivity index (χ0n) is 18.6. The van der Waals surface area contributed by atoms with E-state index < -0.39 is 0 Å². The van der Waals surface area contributed by atoms with Crippen LogP contribution >= 0.6 is 0 Å². The molecule has 2 aromatic heterocycles. The van der Waals surface area contributed by atoms with E-state index in [0.717, 1.165) is 41.6 Å². The van der Waals surface area contributed by atoms with E-state index in [1.54, 1.807) is 6.07 Å². The van der Waals surface area contributed by atoms with E-state index in [0.29, 0.717) is 18.8 Å². The molecule has 0 aliphatic carbocycles. The number of aromatic nitrogens is 5. The lowest BCUT2D eigenvalue weighted by molar-refractivity contribution is 0.473. The number of fused-ring (bicyclic) bond motifs is 1. The fourth-order valence-corrected chi connectivity index (χ4v) is 4.53. The first-order valence-electron chi connectivity index (χ1n) is 11.4. The van der Waals surface area contributed by atoms with Crippen molar-refractivity contribution < 1.29 is 5.11 Å². The first-order chi connectivity index (χ1) is 16.7. The monoisotopic (exact) mass is 448 g/mol. The van der Waals surface area contributed by atoms with Crippen LogP contribution in [-0.4, -0.2) is 36.2 Å². The maximum Gasteiger partial charge on any atom is 0.228 e. The van der Waals surface area contributed by atoms with E-state index in [2.05, 4.69) is 36.9 Å². The normalized spacial score (nSPS) is 13.1. The Balaban J connectivity index is 1.39. The molecule has 1 aliphatic rings. The van der Waals surface area contributed by atoms with Crippen molar-refractivity contribution in [3.05, 3.63) is 108 Å². The molecule has 0 bridgehead atoms. The largest absolute Gasteiger partial charge is 0.508 e. The Morgan fingerprint density at radius 3 is 2.47 bits per heavy atom. The van der Waals surface area contributed by atoms with Gasteiger partial charge in [0.25, 0.3) is 0 Å². The Labute approximate surface area is 197 Å². The van der Waals surface area contributed by atoms with Crippen LogP contribution in [0.5, 0.6) is 5.75 Å². The van der Waals surface area contributed by atoms with Crippen LogP contribution in [0.2, 0.25) is 0 Å². The van der Waals surface area contributed by atoms with Gasteiger partial charge in [-0.05, 0) is 47.4 Å². The summed E-state index contributed by atoms with van der Waals surface area (Å²) in [5.41, 5.74) is 5.48. The Kier molecular flexibility index (Phi) is 5.07. The maximum atomic E-state index is 9.98. The van der Waals surface area contributed by atoms with Crippen LogP contribution in [0.15, 0.2) is 91.3 Å². The second-order valence-corrected chi connectivity index (χ2v) is 8.53. The SMILES string of the molecule is Oc1ccc2c(c1)CN(c1nnc(-c3cnn(-c4ccccc4)c3)n1Cc1ccccc1)CC2. The summed E-state index contributed by atoms with van der Waals surface area (Å²) in [6, 6.07) is 26.0. The van der Waals surface area contributed by atoms with Gasteiger partial charge in [0.15, 0.2) is 5.82 Å². The lowest BCUT2D eigenvalue weighted by Gasteiger charge is -2.30. The lowest BCUT2D eigenvalue weighted by Crippen LogP contribution is -2.32. The summed E-state index contributed by atoms with van der Waals surface area (Å²) in [4.78, 5) is 2.24. The molecular formula is C27H24N6O. The first-order valence-corrected chi connectivity index (χ1v) is 11.4. The molecule has 0 fully saturated rings. The van der Waals surface area contributed by atoms with Crippen LogP contribution in [0.25, 0.3) is 17.1 Å². The molecule has 34 heavy (non-hydrogen) atoms. The van der Waals surface area contributed by atoms with E-state index in [1.807, 2.05) is 77.7 Å². The van der Waals surface area contributed by atoms with Crippen molar-refractivity contribution in [2.75, 3.05) is 11.4 Å². The average molecular weight is 449 g/mol. The number of aromatic hydroxyl groups is 1. The van der Waals surface area contributed by atoms with E-state index >= 15 is 0 Å². The summed E-state index contributed by atoms with van der Waals surface area (Å²) < 4.78 is 4.02. The number of hydrogen-bond donors (Lipinski definition) is 1. The maximum absolute atomic E-state index is 9.98. The highest BCUT2D eigenvalue weighted by molar-refractivity contribution is 5.57. The molecule has 0 spiro atoms. The molecule has 0 unspecified atom stereocenters. The predicted molar refractivity (Wildman–Crippen MR) is 131 cm³/mol. The molecule has 3 aromatic carbocycles. The van der Waals surface area contributed by atoms with Gasteiger partial charge in [-0.2, -0.15) is 5.10 Å². The third kappa shape index (κ3) is 3.81. The predicted octanol–water partition coefficient (Wildman–Crippen LogP) is 4.45. The molecule has 1 N–H and O–H groups in total. The van der Waals surface area contributed by atoms with Crippen molar-refractivity contribution in [1.82, 2.24) is 24.5 Å². The van der Waals surface area contributed by atoms with Gasteiger partial charge in [0.2, 0.25) is 5.95 Å². The molecule has 3 heterocycles. The third-order valence-corrected chi connectivity index (χ3v) is 6.26. The number of para-hydroxylation sites is 1. The van der Waals surface area contributed by atoms with Crippen LogP contribution in [0.3, 0.4) is 0 Å². The van der Waals surface area contributed by atoms with Crippen molar-refractivity contribution in [2.24, 2.45) is 0 Å². The Bertz CT molecular complexity index is 1420. The third-order valence-electron chi connectivity index (χ3n) is 6.26. The van der Waals surface area contributed by atoms with Crippen molar-refractivity contribution in [2.45, 2.75) is 19.5 Å². The number of phenolic OH excluding ortho intramolecular Hbond substituents is 1. The number of anilines is 1. The van der Waals surface area contributed by atoms with Crippen molar-refractivity contribution in [1.29, 1.82) is 0 Å². The van der Waals surface area contributed by atoms with Gasteiger partial charge in [0.05, 0.1) is 24.0 Å².